The van der Waals surface area contributed by atoms with Crippen LogP contribution in [0, 0.1) is 0 Å². The molecule has 2 amide bonds. The predicted octanol–water partition coefficient (Wildman–Crippen LogP) is 7.00. The maximum absolute atomic E-state index is 13.0. The summed E-state index contributed by atoms with van der Waals surface area (Å²) in [4.78, 5) is 50.8. The van der Waals surface area contributed by atoms with Crippen molar-refractivity contribution in [2.24, 2.45) is 0 Å². The number of carboxylic acids is 1. The highest BCUT2D eigenvalue weighted by Gasteiger charge is 2.23. The Balaban J connectivity index is 1.34. The van der Waals surface area contributed by atoms with Crippen LogP contribution in [-0.4, -0.2) is 48.6 Å². The van der Waals surface area contributed by atoms with Crippen molar-refractivity contribution in [1.29, 1.82) is 0 Å². The molecular formula is C36H38N2O8S. The number of methoxy groups -OCH3 is 1. The van der Waals surface area contributed by atoms with E-state index in [1.807, 2.05) is 0 Å². The van der Waals surface area contributed by atoms with E-state index in [1.165, 1.54) is 55.9 Å². The normalized spacial score (nSPS) is 11.3. The Kier molecular flexibility index (Phi) is 12.9. The fourth-order valence-electron chi connectivity index (χ4n) is 4.68. The second-order valence-electron chi connectivity index (χ2n) is 10.7. The van der Waals surface area contributed by atoms with Crippen molar-refractivity contribution in [3.63, 3.8) is 0 Å². The average Bonchev–Trinajstić information content (AvgIpc) is 3.62. The number of benzene rings is 3. The first-order chi connectivity index (χ1) is 22.8. The van der Waals surface area contributed by atoms with Gasteiger partial charge in [0.2, 0.25) is 0 Å². The van der Waals surface area contributed by atoms with E-state index >= 15 is 0 Å². The molecule has 1 aromatic heterocycles. The molecule has 1 atom stereocenters. The Morgan fingerprint density at radius 3 is 2.32 bits per heavy atom. The van der Waals surface area contributed by atoms with Gasteiger partial charge in [-0.25, -0.2) is 9.59 Å². The minimum absolute atomic E-state index is 0.0689. The van der Waals surface area contributed by atoms with Gasteiger partial charge in [-0.3, -0.25) is 9.59 Å². The second-order valence-corrected chi connectivity index (χ2v) is 11.7. The van der Waals surface area contributed by atoms with Crippen LogP contribution in [0.15, 0.2) is 84.2 Å². The molecule has 0 aliphatic rings. The zero-order chi connectivity index (χ0) is 33.6. The third-order valence-corrected chi connectivity index (χ3v) is 8.08. The molecule has 246 valence electrons. The summed E-state index contributed by atoms with van der Waals surface area (Å²) in [6, 6.07) is 19.8. The number of aliphatic carboxylic acids is 1. The van der Waals surface area contributed by atoms with E-state index in [-0.39, 0.29) is 29.4 Å². The molecule has 0 saturated heterocycles. The van der Waals surface area contributed by atoms with Crippen LogP contribution < -0.4 is 24.8 Å². The molecule has 1 heterocycles. The average molecular weight is 659 g/mol. The molecule has 0 aliphatic carbocycles. The van der Waals surface area contributed by atoms with Gasteiger partial charge in [-0.15, -0.1) is 11.3 Å². The number of hydrogen-bond acceptors (Lipinski definition) is 8. The number of hydrogen-bond donors (Lipinski definition) is 3. The summed E-state index contributed by atoms with van der Waals surface area (Å²) < 4.78 is 16.8. The molecule has 3 aromatic carbocycles. The molecule has 0 bridgehead atoms. The lowest BCUT2D eigenvalue weighted by molar-refractivity contribution is -0.139. The Morgan fingerprint density at radius 2 is 1.62 bits per heavy atom. The zero-order valence-corrected chi connectivity index (χ0v) is 27.1. The molecule has 0 spiro atoms. The summed E-state index contributed by atoms with van der Waals surface area (Å²) in [7, 11) is 1.41. The van der Waals surface area contributed by atoms with E-state index in [2.05, 4.69) is 17.6 Å². The van der Waals surface area contributed by atoms with Gasteiger partial charge in [-0.05, 0) is 78.0 Å². The third-order valence-electron chi connectivity index (χ3n) is 7.21. The third kappa shape index (κ3) is 10.4. The number of carboxylic acid groups (broad SMARTS) is 1. The number of nitrogens with one attached hydrogen (secondary N) is 2. The van der Waals surface area contributed by atoms with Crippen molar-refractivity contribution in [1.82, 2.24) is 5.32 Å². The van der Waals surface area contributed by atoms with Crippen molar-refractivity contribution in [2.75, 3.05) is 19.0 Å². The number of ether oxygens (including phenoxy) is 3. The van der Waals surface area contributed by atoms with Gasteiger partial charge in [0.05, 0.1) is 24.2 Å². The van der Waals surface area contributed by atoms with E-state index in [4.69, 9.17) is 14.2 Å². The summed E-state index contributed by atoms with van der Waals surface area (Å²) in [5, 5.41) is 16.9. The smallest absolute Gasteiger partial charge is 0.343 e. The topological polar surface area (TPSA) is 140 Å². The van der Waals surface area contributed by atoms with Gasteiger partial charge < -0.3 is 30.0 Å². The fourth-order valence-corrected chi connectivity index (χ4v) is 5.30. The van der Waals surface area contributed by atoms with Crippen molar-refractivity contribution >= 4 is 40.8 Å². The molecule has 10 nitrogen and oxygen atoms in total. The van der Waals surface area contributed by atoms with Crippen LogP contribution in [0.5, 0.6) is 17.2 Å². The number of unbranched alkanes of at least 4 members (excludes halogenated alkanes) is 4. The van der Waals surface area contributed by atoms with Crippen LogP contribution in [0.2, 0.25) is 0 Å². The number of rotatable bonds is 17. The van der Waals surface area contributed by atoms with Gasteiger partial charge in [0.1, 0.15) is 11.8 Å². The molecule has 3 N–H and O–H groups in total. The van der Waals surface area contributed by atoms with E-state index in [9.17, 15) is 24.3 Å². The Bertz CT molecular complexity index is 1650. The molecule has 47 heavy (non-hydrogen) atoms. The maximum atomic E-state index is 13.0. The molecule has 4 rings (SSSR count). The van der Waals surface area contributed by atoms with Crippen LogP contribution in [0.3, 0.4) is 0 Å². The van der Waals surface area contributed by atoms with Crippen molar-refractivity contribution in [2.45, 2.75) is 51.5 Å². The minimum Gasteiger partial charge on any atom is -0.494 e. The van der Waals surface area contributed by atoms with E-state index in [0.29, 0.717) is 34.0 Å². The number of anilines is 1. The van der Waals surface area contributed by atoms with Gasteiger partial charge in [-0.1, -0.05) is 50.8 Å². The van der Waals surface area contributed by atoms with Crippen LogP contribution >= 0.6 is 11.3 Å². The highest BCUT2D eigenvalue weighted by molar-refractivity contribution is 7.12. The molecule has 11 heteroatoms. The van der Waals surface area contributed by atoms with Crippen LogP contribution in [0.4, 0.5) is 5.69 Å². The number of carbonyl (C=O) groups excluding carboxylic acids is 3. The number of carbonyl (C=O) groups is 4. The molecule has 0 radical (unpaired) electrons. The summed E-state index contributed by atoms with van der Waals surface area (Å²) >= 11 is 1.29. The highest BCUT2D eigenvalue weighted by Crippen LogP contribution is 2.30. The van der Waals surface area contributed by atoms with Crippen LogP contribution in [0.1, 0.15) is 75.0 Å². The number of thiophene rings is 1. The molecule has 4 aromatic rings. The lowest BCUT2D eigenvalue weighted by atomic mass is 10.0. The monoisotopic (exact) mass is 658 g/mol. The zero-order valence-electron chi connectivity index (χ0n) is 26.3. The number of amides is 2. The molecule has 1 unspecified atom stereocenters. The van der Waals surface area contributed by atoms with Crippen molar-refractivity contribution in [3.8, 4) is 17.2 Å². The van der Waals surface area contributed by atoms with E-state index < -0.39 is 23.9 Å². The Hall–Kier alpha value is -5.16. The summed E-state index contributed by atoms with van der Waals surface area (Å²) in [5.41, 5.74) is 1.44. The van der Waals surface area contributed by atoms with Crippen molar-refractivity contribution < 1.29 is 38.5 Å². The van der Waals surface area contributed by atoms with Gasteiger partial charge in [0.15, 0.2) is 11.5 Å². The summed E-state index contributed by atoms with van der Waals surface area (Å²) in [5.74, 6) is -1.70. The standard InChI is InChI=1S/C36H38N2O8S/c1-3-4-5-6-7-19-45-28-16-14-25(15-17-28)36(43)46-30-18-13-24(22-31(30)44-2)21-29(35(41)42)38-33(39)26-10-8-11-27(23-26)37-34(40)32-12-9-20-47-32/h8-18,20,22-23,29H,3-7,19,21H2,1-2H3,(H,37,40)(H,38,39)(H,41,42). The van der Waals surface area contributed by atoms with E-state index in [1.54, 1.807) is 66.0 Å². The molecule has 0 aliphatic heterocycles. The van der Waals surface area contributed by atoms with Gasteiger partial charge in [0.25, 0.3) is 11.8 Å². The molecule has 0 fully saturated rings. The van der Waals surface area contributed by atoms with E-state index in [0.717, 1.165) is 12.8 Å². The quantitative estimate of drug-likeness (QED) is 0.0626. The minimum atomic E-state index is -1.28. The summed E-state index contributed by atoms with van der Waals surface area (Å²) in [6.45, 7) is 2.79. The Morgan fingerprint density at radius 1 is 0.830 bits per heavy atom. The number of esters is 1. The van der Waals surface area contributed by atoms with Gasteiger partial charge >= 0.3 is 11.9 Å². The van der Waals surface area contributed by atoms with Gasteiger partial charge in [0, 0.05) is 17.7 Å². The second kappa shape index (κ2) is 17.5. The molecule has 0 saturated carbocycles. The fraction of sp³-hybridized carbons (Fsp3) is 0.278. The first-order valence-electron chi connectivity index (χ1n) is 15.4. The largest absolute Gasteiger partial charge is 0.494 e. The van der Waals surface area contributed by atoms with Crippen LogP contribution in [0.25, 0.3) is 0 Å². The lowest BCUT2D eigenvalue weighted by Crippen LogP contribution is -2.42. The van der Waals surface area contributed by atoms with Gasteiger partial charge in [-0.2, -0.15) is 0 Å². The SMILES string of the molecule is CCCCCCCOc1ccc(C(=O)Oc2ccc(CC(NC(=O)c3cccc(NC(=O)c4cccs4)c3)C(=O)O)cc2OC)cc1. The highest BCUT2D eigenvalue weighted by atomic mass is 32.1. The Labute approximate surface area is 277 Å². The summed E-state index contributed by atoms with van der Waals surface area (Å²) in [6.07, 6.45) is 5.64. The molecular weight excluding hydrogens is 620 g/mol. The van der Waals surface area contributed by atoms with Crippen LogP contribution in [-0.2, 0) is 11.2 Å². The first kappa shape index (κ1) is 34.7. The maximum Gasteiger partial charge on any atom is 0.343 e. The lowest BCUT2D eigenvalue weighted by Gasteiger charge is -2.16. The van der Waals surface area contributed by atoms with Crippen molar-refractivity contribution in [3.05, 3.63) is 106 Å². The first-order valence-corrected chi connectivity index (χ1v) is 16.3. The predicted molar refractivity (Wildman–Crippen MR) is 180 cm³/mol.